The fourth-order valence-electron chi connectivity index (χ4n) is 1.81. The summed E-state index contributed by atoms with van der Waals surface area (Å²) in [6.07, 6.45) is 0. The predicted octanol–water partition coefficient (Wildman–Crippen LogP) is 3.54. The molecule has 2 rings (SSSR count). The zero-order chi connectivity index (χ0) is 15.5. The number of carbonyl (C=O) groups excluding carboxylic acids is 1. The summed E-state index contributed by atoms with van der Waals surface area (Å²) in [4.78, 5) is 13.0. The molecule has 0 radical (unpaired) electrons. The summed E-state index contributed by atoms with van der Waals surface area (Å²) < 4.78 is 5.13. The molecule has 21 heavy (non-hydrogen) atoms. The van der Waals surface area contributed by atoms with Crippen molar-refractivity contribution in [2.45, 2.75) is 37.3 Å². The summed E-state index contributed by atoms with van der Waals surface area (Å²) in [5.41, 5.74) is 1.57. The minimum atomic E-state index is -0.464. The number of rotatable bonds is 4. The Morgan fingerprint density at radius 3 is 2.48 bits per heavy atom. The van der Waals surface area contributed by atoms with Gasteiger partial charge in [0.2, 0.25) is 0 Å². The zero-order valence-corrected chi connectivity index (χ0v) is 13.5. The van der Waals surface area contributed by atoms with E-state index in [0.717, 1.165) is 5.56 Å². The molecule has 112 valence electrons. The molecule has 2 aromatic rings. The molecule has 0 saturated carbocycles. The average molecular weight is 305 g/mol. The number of aromatic nitrogens is 3. The Hall–Kier alpha value is -1.82. The molecular formula is C15H19N3O2S. The molecule has 1 aromatic heterocycles. The normalized spacial score (nSPS) is 11.4. The van der Waals surface area contributed by atoms with E-state index in [0.29, 0.717) is 12.3 Å². The van der Waals surface area contributed by atoms with E-state index in [9.17, 15) is 4.79 Å². The molecule has 1 aromatic carbocycles. The lowest BCUT2D eigenvalue weighted by atomic mass is 10.1. The third kappa shape index (κ3) is 4.07. The van der Waals surface area contributed by atoms with Gasteiger partial charge in [0.25, 0.3) is 0 Å². The summed E-state index contributed by atoms with van der Waals surface area (Å²) in [5, 5.41) is 10.4. The van der Waals surface area contributed by atoms with Crippen molar-refractivity contribution in [1.82, 2.24) is 15.4 Å². The van der Waals surface area contributed by atoms with Gasteiger partial charge in [0.05, 0.1) is 6.61 Å². The highest BCUT2D eigenvalue weighted by atomic mass is 32.2. The average Bonchev–Trinajstić information content (AvgIpc) is 2.87. The summed E-state index contributed by atoms with van der Waals surface area (Å²) in [6.45, 7) is 8.58. The molecule has 0 atom stereocenters. The van der Waals surface area contributed by atoms with Crippen LogP contribution < -0.4 is 0 Å². The molecule has 6 heteroatoms. The molecule has 0 aliphatic heterocycles. The molecule has 0 spiro atoms. The summed E-state index contributed by atoms with van der Waals surface area (Å²) in [5.74, 6) is -0.464. The third-order valence-corrected chi connectivity index (χ3v) is 3.69. The van der Waals surface area contributed by atoms with Gasteiger partial charge in [-0.2, -0.15) is 10.3 Å². The van der Waals surface area contributed by atoms with E-state index in [1.165, 1.54) is 4.90 Å². The first-order valence-corrected chi connectivity index (χ1v) is 7.59. The van der Waals surface area contributed by atoms with Crippen molar-refractivity contribution < 1.29 is 9.53 Å². The Morgan fingerprint density at radius 1 is 1.24 bits per heavy atom. The second-order valence-corrected chi connectivity index (χ2v) is 7.38. The maximum absolute atomic E-state index is 11.8. The highest BCUT2D eigenvalue weighted by Crippen LogP contribution is 2.33. The van der Waals surface area contributed by atoms with Crippen molar-refractivity contribution in [3.8, 4) is 11.3 Å². The summed E-state index contributed by atoms with van der Waals surface area (Å²) >= 11 is 1.79. The zero-order valence-electron chi connectivity index (χ0n) is 12.6. The number of benzene rings is 1. The number of esters is 1. The molecule has 0 aliphatic rings. The molecule has 1 heterocycles. The molecule has 0 amide bonds. The van der Waals surface area contributed by atoms with Crippen molar-refractivity contribution in [2.75, 3.05) is 6.61 Å². The van der Waals surface area contributed by atoms with E-state index in [4.69, 9.17) is 4.74 Å². The number of hydrogen-bond acceptors (Lipinski definition) is 5. The van der Waals surface area contributed by atoms with Gasteiger partial charge >= 0.3 is 5.97 Å². The lowest BCUT2D eigenvalue weighted by Gasteiger charge is -2.17. The van der Waals surface area contributed by atoms with E-state index in [-0.39, 0.29) is 10.4 Å². The first kappa shape index (κ1) is 15.6. The lowest BCUT2D eigenvalue weighted by molar-refractivity contribution is 0.0520. The van der Waals surface area contributed by atoms with Crippen molar-refractivity contribution in [3.05, 3.63) is 30.0 Å². The molecule has 0 saturated heterocycles. The number of ether oxygens (including phenoxy) is 1. The molecule has 0 fully saturated rings. The quantitative estimate of drug-likeness (QED) is 0.691. The molecule has 0 aliphatic carbocycles. The van der Waals surface area contributed by atoms with E-state index in [1.807, 2.05) is 24.3 Å². The van der Waals surface area contributed by atoms with Gasteiger partial charge in [0, 0.05) is 15.2 Å². The molecule has 0 unspecified atom stereocenters. The molecular weight excluding hydrogens is 286 g/mol. The fraction of sp³-hybridized carbons (Fsp3) is 0.400. The number of nitrogens with one attached hydrogen (secondary N) is 1. The number of hydrogen-bond donors (Lipinski definition) is 1. The number of carbonyl (C=O) groups is 1. The van der Waals surface area contributed by atoms with Gasteiger partial charge in [-0.25, -0.2) is 4.79 Å². The molecule has 1 N–H and O–H groups in total. The van der Waals surface area contributed by atoms with Crippen molar-refractivity contribution in [1.29, 1.82) is 0 Å². The van der Waals surface area contributed by atoms with Crippen LogP contribution in [0.4, 0.5) is 0 Å². The Labute approximate surface area is 128 Å². The Kier molecular flexibility index (Phi) is 4.67. The van der Waals surface area contributed by atoms with Gasteiger partial charge in [-0.15, -0.1) is 16.9 Å². The lowest BCUT2D eigenvalue weighted by Crippen LogP contribution is -2.07. The van der Waals surface area contributed by atoms with Gasteiger partial charge in [-0.1, -0.05) is 32.9 Å². The van der Waals surface area contributed by atoms with Crippen LogP contribution in [0.5, 0.6) is 0 Å². The van der Waals surface area contributed by atoms with Crippen LogP contribution in [0.25, 0.3) is 11.3 Å². The standard InChI is InChI=1S/C15H19N3O2S/c1-5-20-14(19)13-12(16-18-17-13)10-6-8-11(9-7-10)21-15(2,3)4/h6-9H,5H2,1-4H3,(H,16,17,18). The highest BCUT2D eigenvalue weighted by molar-refractivity contribution is 8.00. The van der Waals surface area contributed by atoms with Crippen LogP contribution in [0.2, 0.25) is 0 Å². The Morgan fingerprint density at radius 2 is 1.90 bits per heavy atom. The van der Waals surface area contributed by atoms with Crippen LogP contribution in [-0.4, -0.2) is 32.7 Å². The fourth-order valence-corrected chi connectivity index (χ4v) is 2.79. The first-order chi connectivity index (χ1) is 9.90. The molecule has 5 nitrogen and oxygen atoms in total. The minimum absolute atomic E-state index is 0.158. The van der Waals surface area contributed by atoms with E-state index < -0.39 is 5.97 Å². The predicted molar refractivity (Wildman–Crippen MR) is 83.4 cm³/mol. The van der Waals surface area contributed by atoms with Crippen LogP contribution in [0.1, 0.15) is 38.2 Å². The maximum Gasteiger partial charge on any atom is 0.361 e. The van der Waals surface area contributed by atoms with Gasteiger partial charge in [-0.3, -0.25) is 0 Å². The second-order valence-electron chi connectivity index (χ2n) is 5.48. The monoisotopic (exact) mass is 305 g/mol. The number of aromatic amines is 1. The van der Waals surface area contributed by atoms with Crippen molar-refractivity contribution in [3.63, 3.8) is 0 Å². The molecule has 0 bridgehead atoms. The number of nitrogens with zero attached hydrogens (tertiary/aromatic N) is 2. The van der Waals surface area contributed by atoms with Crippen LogP contribution in [0, 0.1) is 0 Å². The van der Waals surface area contributed by atoms with Crippen LogP contribution >= 0.6 is 11.8 Å². The Balaban J connectivity index is 2.24. The Bertz CT molecular complexity index is 615. The highest BCUT2D eigenvalue weighted by Gasteiger charge is 2.19. The van der Waals surface area contributed by atoms with E-state index in [1.54, 1.807) is 18.7 Å². The second kappa shape index (κ2) is 6.30. The minimum Gasteiger partial charge on any atom is -0.461 e. The SMILES string of the molecule is CCOC(=O)c1n[nH]nc1-c1ccc(SC(C)(C)C)cc1. The van der Waals surface area contributed by atoms with E-state index >= 15 is 0 Å². The largest absolute Gasteiger partial charge is 0.461 e. The van der Waals surface area contributed by atoms with Crippen molar-refractivity contribution in [2.24, 2.45) is 0 Å². The number of thioether (sulfide) groups is 1. The van der Waals surface area contributed by atoms with Gasteiger partial charge in [0.1, 0.15) is 5.69 Å². The third-order valence-electron chi connectivity index (χ3n) is 2.57. The van der Waals surface area contributed by atoms with Crippen LogP contribution in [0.3, 0.4) is 0 Å². The van der Waals surface area contributed by atoms with E-state index in [2.05, 4.69) is 36.2 Å². The maximum atomic E-state index is 11.8. The van der Waals surface area contributed by atoms with Gasteiger partial charge in [0.15, 0.2) is 5.69 Å². The van der Waals surface area contributed by atoms with Gasteiger partial charge in [-0.05, 0) is 19.1 Å². The van der Waals surface area contributed by atoms with Crippen molar-refractivity contribution >= 4 is 17.7 Å². The smallest absolute Gasteiger partial charge is 0.361 e. The number of H-pyrrole nitrogens is 1. The summed E-state index contributed by atoms with van der Waals surface area (Å²) in [7, 11) is 0. The van der Waals surface area contributed by atoms with Crippen LogP contribution in [0.15, 0.2) is 29.2 Å². The first-order valence-electron chi connectivity index (χ1n) is 6.78. The van der Waals surface area contributed by atoms with Gasteiger partial charge < -0.3 is 4.74 Å². The van der Waals surface area contributed by atoms with Crippen LogP contribution in [-0.2, 0) is 4.74 Å². The summed E-state index contributed by atoms with van der Waals surface area (Å²) in [6, 6.07) is 7.92. The topological polar surface area (TPSA) is 67.9 Å².